The van der Waals surface area contributed by atoms with Crippen LogP contribution in [0.15, 0.2) is 0 Å². The molecule has 0 spiro atoms. The summed E-state index contributed by atoms with van der Waals surface area (Å²) in [4.78, 5) is 22.3. The number of carbonyl (C=O) groups excluding carboxylic acids is 2. The van der Waals surface area contributed by atoms with Gasteiger partial charge in [0.25, 0.3) is 0 Å². The maximum absolute atomic E-state index is 11.3. The van der Waals surface area contributed by atoms with Crippen LogP contribution in [0, 0.1) is 5.92 Å². The van der Waals surface area contributed by atoms with E-state index in [9.17, 15) is 9.59 Å². The van der Waals surface area contributed by atoms with Gasteiger partial charge < -0.3 is 15.4 Å². The Morgan fingerprint density at radius 2 is 2.25 bits per heavy atom. The minimum Gasteiger partial charge on any atom is -0.444 e. The standard InChI is InChI=1S/C11H20N2O3/c1-11(2,3)16-10(15)13-7-8-4-5-9(14)12-6-8/h8H,4-7H2,1-3H3,(H,12,14)(H,13,15). The van der Waals surface area contributed by atoms with Crippen molar-refractivity contribution in [2.24, 2.45) is 5.92 Å². The molecule has 1 rings (SSSR count). The van der Waals surface area contributed by atoms with Crippen LogP contribution in [0.1, 0.15) is 33.6 Å². The zero-order valence-electron chi connectivity index (χ0n) is 10.1. The topological polar surface area (TPSA) is 67.4 Å². The first kappa shape index (κ1) is 12.8. The summed E-state index contributed by atoms with van der Waals surface area (Å²) in [5.74, 6) is 0.402. The summed E-state index contributed by atoms with van der Waals surface area (Å²) in [6.07, 6.45) is 0.965. The average Bonchev–Trinajstić information content (AvgIpc) is 2.14. The molecule has 0 aromatic rings. The second-order valence-corrected chi connectivity index (χ2v) is 5.09. The highest BCUT2D eigenvalue weighted by molar-refractivity contribution is 5.76. The molecule has 5 heteroatoms. The minimum absolute atomic E-state index is 0.0912. The molecule has 0 aromatic carbocycles. The predicted octanol–water partition coefficient (Wildman–Crippen LogP) is 1.04. The van der Waals surface area contributed by atoms with Crippen molar-refractivity contribution in [1.29, 1.82) is 0 Å². The fourth-order valence-electron chi connectivity index (χ4n) is 1.50. The predicted molar refractivity (Wildman–Crippen MR) is 60.0 cm³/mol. The Balaban J connectivity index is 2.19. The van der Waals surface area contributed by atoms with Gasteiger partial charge in [0, 0.05) is 19.5 Å². The smallest absolute Gasteiger partial charge is 0.407 e. The van der Waals surface area contributed by atoms with Crippen LogP contribution < -0.4 is 10.6 Å². The van der Waals surface area contributed by atoms with E-state index >= 15 is 0 Å². The van der Waals surface area contributed by atoms with Gasteiger partial charge in [-0.1, -0.05) is 0 Å². The van der Waals surface area contributed by atoms with Crippen LogP contribution >= 0.6 is 0 Å². The van der Waals surface area contributed by atoms with E-state index in [4.69, 9.17) is 4.74 Å². The Labute approximate surface area is 95.9 Å². The van der Waals surface area contributed by atoms with E-state index in [2.05, 4.69) is 10.6 Å². The Morgan fingerprint density at radius 1 is 1.56 bits per heavy atom. The molecule has 0 radical (unpaired) electrons. The molecule has 0 aliphatic carbocycles. The summed E-state index contributed by atoms with van der Waals surface area (Å²) in [6, 6.07) is 0. The molecule has 2 N–H and O–H groups in total. The molecule has 1 heterocycles. The van der Waals surface area contributed by atoms with Gasteiger partial charge in [-0.25, -0.2) is 4.79 Å². The molecule has 0 saturated carbocycles. The van der Waals surface area contributed by atoms with E-state index in [0.29, 0.717) is 25.4 Å². The lowest BCUT2D eigenvalue weighted by atomic mass is 9.99. The molecule has 0 aromatic heterocycles. The number of carbonyl (C=O) groups is 2. The van der Waals surface area contributed by atoms with E-state index in [1.165, 1.54) is 0 Å². The maximum Gasteiger partial charge on any atom is 0.407 e. The molecule has 1 aliphatic rings. The first-order chi connectivity index (χ1) is 7.37. The van der Waals surface area contributed by atoms with Crippen molar-refractivity contribution in [1.82, 2.24) is 10.6 Å². The number of amides is 2. The Morgan fingerprint density at radius 3 is 2.75 bits per heavy atom. The summed E-state index contributed by atoms with van der Waals surface area (Å²) >= 11 is 0. The van der Waals surface area contributed by atoms with Crippen LogP contribution in [-0.2, 0) is 9.53 Å². The van der Waals surface area contributed by atoms with Crippen LogP contribution in [0.3, 0.4) is 0 Å². The third kappa shape index (κ3) is 5.00. The second-order valence-electron chi connectivity index (χ2n) is 5.09. The number of piperidine rings is 1. The van der Waals surface area contributed by atoms with Crippen molar-refractivity contribution in [2.45, 2.75) is 39.2 Å². The minimum atomic E-state index is -0.467. The van der Waals surface area contributed by atoms with Gasteiger partial charge in [0.2, 0.25) is 5.91 Å². The normalized spacial score (nSPS) is 21.2. The van der Waals surface area contributed by atoms with Crippen molar-refractivity contribution in [3.8, 4) is 0 Å². The van der Waals surface area contributed by atoms with Crippen LogP contribution in [0.4, 0.5) is 4.79 Å². The van der Waals surface area contributed by atoms with E-state index in [1.54, 1.807) is 0 Å². The quantitative estimate of drug-likeness (QED) is 0.742. The highest BCUT2D eigenvalue weighted by Gasteiger charge is 2.20. The van der Waals surface area contributed by atoms with Gasteiger partial charge in [0.15, 0.2) is 0 Å². The number of hydrogen-bond acceptors (Lipinski definition) is 3. The second kappa shape index (κ2) is 5.18. The van der Waals surface area contributed by atoms with Crippen LogP contribution in [-0.4, -0.2) is 30.7 Å². The molecule has 1 aliphatic heterocycles. The van der Waals surface area contributed by atoms with Gasteiger partial charge in [-0.15, -0.1) is 0 Å². The summed E-state index contributed by atoms with van der Waals surface area (Å²) in [5, 5.41) is 5.48. The molecule has 1 unspecified atom stereocenters. The molecule has 92 valence electrons. The van der Waals surface area contributed by atoms with Crippen molar-refractivity contribution >= 4 is 12.0 Å². The lowest BCUT2D eigenvalue weighted by Gasteiger charge is -2.24. The first-order valence-electron chi connectivity index (χ1n) is 5.60. The summed E-state index contributed by atoms with van der Waals surface area (Å²) < 4.78 is 5.11. The van der Waals surface area contributed by atoms with Gasteiger partial charge in [-0.05, 0) is 33.1 Å². The fourth-order valence-corrected chi connectivity index (χ4v) is 1.50. The van der Waals surface area contributed by atoms with Gasteiger partial charge in [0.05, 0.1) is 0 Å². The van der Waals surface area contributed by atoms with Crippen molar-refractivity contribution in [2.75, 3.05) is 13.1 Å². The number of alkyl carbamates (subject to hydrolysis) is 1. The number of nitrogens with one attached hydrogen (secondary N) is 2. The highest BCUT2D eigenvalue weighted by atomic mass is 16.6. The highest BCUT2D eigenvalue weighted by Crippen LogP contribution is 2.10. The van der Waals surface area contributed by atoms with Crippen molar-refractivity contribution in [3.63, 3.8) is 0 Å². The fraction of sp³-hybridized carbons (Fsp3) is 0.818. The molecular weight excluding hydrogens is 208 g/mol. The van der Waals surface area contributed by atoms with Gasteiger partial charge in [-0.3, -0.25) is 4.79 Å². The van der Waals surface area contributed by atoms with E-state index in [0.717, 1.165) is 6.42 Å². The summed E-state index contributed by atoms with van der Waals surface area (Å²) in [5.41, 5.74) is -0.467. The first-order valence-corrected chi connectivity index (χ1v) is 5.60. The van der Waals surface area contributed by atoms with Gasteiger partial charge >= 0.3 is 6.09 Å². The third-order valence-electron chi connectivity index (χ3n) is 2.30. The van der Waals surface area contributed by atoms with Crippen molar-refractivity contribution < 1.29 is 14.3 Å². The monoisotopic (exact) mass is 228 g/mol. The lowest BCUT2D eigenvalue weighted by Crippen LogP contribution is -2.42. The van der Waals surface area contributed by atoms with Crippen LogP contribution in [0.5, 0.6) is 0 Å². The maximum atomic E-state index is 11.3. The summed E-state index contributed by atoms with van der Waals surface area (Å²) in [7, 11) is 0. The summed E-state index contributed by atoms with van der Waals surface area (Å²) in [6.45, 7) is 6.66. The van der Waals surface area contributed by atoms with E-state index in [1.807, 2.05) is 20.8 Å². The van der Waals surface area contributed by atoms with E-state index in [-0.39, 0.29) is 5.91 Å². The van der Waals surface area contributed by atoms with Crippen LogP contribution in [0.2, 0.25) is 0 Å². The van der Waals surface area contributed by atoms with Gasteiger partial charge in [0.1, 0.15) is 5.60 Å². The number of ether oxygens (including phenoxy) is 1. The molecule has 1 saturated heterocycles. The molecule has 0 bridgehead atoms. The Hall–Kier alpha value is -1.26. The van der Waals surface area contributed by atoms with Crippen LogP contribution in [0.25, 0.3) is 0 Å². The molecule has 2 amide bonds. The average molecular weight is 228 g/mol. The molecular formula is C11H20N2O3. The number of hydrogen-bond donors (Lipinski definition) is 2. The molecule has 1 atom stereocenters. The molecule has 16 heavy (non-hydrogen) atoms. The zero-order valence-corrected chi connectivity index (χ0v) is 10.1. The number of rotatable bonds is 2. The van der Waals surface area contributed by atoms with Gasteiger partial charge in [-0.2, -0.15) is 0 Å². The lowest BCUT2D eigenvalue weighted by molar-refractivity contribution is -0.122. The zero-order chi connectivity index (χ0) is 12.2. The third-order valence-corrected chi connectivity index (χ3v) is 2.30. The molecule has 5 nitrogen and oxygen atoms in total. The largest absolute Gasteiger partial charge is 0.444 e. The Bertz CT molecular complexity index is 261. The van der Waals surface area contributed by atoms with Crippen molar-refractivity contribution in [3.05, 3.63) is 0 Å². The Kier molecular flexibility index (Phi) is 4.15. The van der Waals surface area contributed by atoms with E-state index < -0.39 is 11.7 Å². The SMILES string of the molecule is CC(C)(C)OC(=O)NCC1CCC(=O)NC1. The molecule has 1 fully saturated rings.